The predicted molar refractivity (Wildman–Crippen MR) is 103 cm³/mol. The Hall–Kier alpha value is -2.52. The number of piperidine rings is 1. The van der Waals surface area contributed by atoms with Gasteiger partial charge in [-0.05, 0) is 44.7 Å². The molecular formula is C19H23N5O3S. The number of para-hydroxylation sites is 1. The third-order valence-corrected chi connectivity index (χ3v) is 7.28. The van der Waals surface area contributed by atoms with E-state index in [4.69, 9.17) is 4.52 Å². The van der Waals surface area contributed by atoms with Crippen molar-refractivity contribution in [3.63, 3.8) is 0 Å². The van der Waals surface area contributed by atoms with E-state index in [0.717, 1.165) is 24.4 Å². The number of benzene rings is 1. The monoisotopic (exact) mass is 401 g/mol. The Morgan fingerprint density at radius 3 is 2.71 bits per heavy atom. The minimum Gasteiger partial charge on any atom is -0.360 e. The van der Waals surface area contributed by atoms with Crippen molar-refractivity contribution in [2.75, 3.05) is 13.1 Å². The van der Waals surface area contributed by atoms with E-state index in [1.165, 1.54) is 0 Å². The van der Waals surface area contributed by atoms with Gasteiger partial charge in [-0.15, -0.1) is 10.2 Å². The molecule has 3 heterocycles. The van der Waals surface area contributed by atoms with Crippen LogP contribution in [-0.2, 0) is 16.4 Å². The molecular weight excluding hydrogens is 378 g/mol. The van der Waals surface area contributed by atoms with Crippen molar-refractivity contribution in [3.8, 4) is 5.69 Å². The molecule has 0 bridgehead atoms. The van der Waals surface area contributed by atoms with Gasteiger partial charge in [-0.3, -0.25) is 4.57 Å². The second-order valence-electron chi connectivity index (χ2n) is 7.18. The molecule has 0 spiro atoms. The number of sulfonamides is 1. The summed E-state index contributed by atoms with van der Waals surface area (Å²) in [5.41, 5.74) is 1.40. The SMILES string of the molecule is Cc1noc(C)c1S(=O)(=O)N1CCCC(Cc2nncn2-c2ccccc2)C1. The second kappa shape index (κ2) is 7.48. The number of aromatic nitrogens is 4. The van der Waals surface area contributed by atoms with Crippen LogP contribution in [0.2, 0.25) is 0 Å². The molecule has 28 heavy (non-hydrogen) atoms. The summed E-state index contributed by atoms with van der Waals surface area (Å²) in [5, 5.41) is 12.1. The fourth-order valence-corrected chi connectivity index (χ4v) is 5.69. The highest BCUT2D eigenvalue weighted by atomic mass is 32.2. The standard InChI is InChI=1S/C19H23N5O3S/c1-14-19(15(2)27-22-14)28(25,26)23-10-6-7-16(12-23)11-18-21-20-13-24(18)17-8-4-3-5-9-17/h3-5,8-9,13,16H,6-7,10-12H2,1-2H3. The van der Waals surface area contributed by atoms with E-state index in [1.54, 1.807) is 24.5 Å². The van der Waals surface area contributed by atoms with Crippen molar-refractivity contribution in [1.29, 1.82) is 0 Å². The Labute approximate surface area is 164 Å². The molecule has 0 saturated carbocycles. The van der Waals surface area contributed by atoms with Gasteiger partial charge in [-0.2, -0.15) is 4.31 Å². The van der Waals surface area contributed by atoms with Crippen molar-refractivity contribution in [3.05, 3.63) is 53.9 Å². The molecule has 1 saturated heterocycles. The van der Waals surface area contributed by atoms with E-state index in [2.05, 4.69) is 15.4 Å². The van der Waals surface area contributed by atoms with E-state index in [0.29, 0.717) is 31.0 Å². The number of nitrogens with zero attached hydrogens (tertiary/aromatic N) is 5. The number of hydrogen-bond donors (Lipinski definition) is 0. The van der Waals surface area contributed by atoms with Crippen LogP contribution in [0.15, 0.2) is 46.1 Å². The first-order valence-electron chi connectivity index (χ1n) is 9.34. The lowest BCUT2D eigenvalue weighted by Gasteiger charge is -2.31. The maximum Gasteiger partial charge on any atom is 0.248 e. The van der Waals surface area contributed by atoms with Gasteiger partial charge in [-0.25, -0.2) is 8.42 Å². The zero-order valence-corrected chi connectivity index (χ0v) is 16.8. The molecule has 0 N–H and O–H groups in total. The van der Waals surface area contributed by atoms with Crippen LogP contribution in [0.5, 0.6) is 0 Å². The molecule has 3 aromatic rings. The smallest absolute Gasteiger partial charge is 0.248 e. The highest BCUT2D eigenvalue weighted by molar-refractivity contribution is 7.89. The summed E-state index contributed by atoms with van der Waals surface area (Å²) < 4.78 is 34.8. The quantitative estimate of drug-likeness (QED) is 0.652. The Morgan fingerprint density at radius 1 is 1.21 bits per heavy atom. The zero-order chi connectivity index (χ0) is 19.7. The molecule has 2 aromatic heterocycles. The largest absolute Gasteiger partial charge is 0.360 e. The van der Waals surface area contributed by atoms with Crippen LogP contribution < -0.4 is 0 Å². The summed E-state index contributed by atoms with van der Waals surface area (Å²) >= 11 is 0. The van der Waals surface area contributed by atoms with E-state index in [1.807, 2.05) is 34.9 Å². The van der Waals surface area contributed by atoms with E-state index in [9.17, 15) is 8.42 Å². The van der Waals surface area contributed by atoms with Crippen molar-refractivity contribution >= 4 is 10.0 Å². The van der Waals surface area contributed by atoms with Crippen LogP contribution in [0, 0.1) is 19.8 Å². The fraction of sp³-hybridized carbons (Fsp3) is 0.421. The molecule has 4 rings (SSSR count). The Kier molecular flexibility index (Phi) is 5.03. The lowest BCUT2D eigenvalue weighted by molar-refractivity contribution is 0.262. The molecule has 0 amide bonds. The lowest BCUT2D eigenvalue weighted by atomic mass is 9.96. The predicted octanol–water partition coefficient (Wildman–Crippen LogP) is 2.52. The van der Waals surface area contributed by atoms with Gasteiger partial charge in [0, 0.05) is 25.2 Å². The summed E-state index contributed by atoms with van der Waals surface area (Å²) in [4.78, 5) is 0.195. The van der Waals surface area contributed by atoms with Gasteiger partial charge < -0.3 is 4.52 Å². The maximum absolute atomic E-state index is 13.1. The van der Waals surface area contributed by atoms with Crippen molar-refractivity contribution < 1.29 is 12.9 Å². The van der Waals surface area contributed by atoms with E-state index >= 15 is 0 Å². The van der Waals surface area contributed by atoms with Gasteiger partial charge in [0.1, 0.15) is 22.7 Å². The van der Waals surface area contributed by atoms with Crippen LogP contribution in [-0.4, -0.2) is 45.7 Å². The van der Waals surface area contributed by atoms with Crippen LogP contribution in [0.25, 0.3) is 5.69 Å². The van der Waals surface area contributed by atoms with Gasteiger partial charge in [0.15, 0.2) is 5.76 Å². The molecule has 0 aliphatic carbocycles. The molecule has 0 radical (unpaired) electrons. The topological polar surface area (TPSA) is 94.1 Å². The van der Waals surface area contributed by atoms with Crippen molar-refractivity contribution in [2.24, 2.45) is 5.92 Å². The number of aryl methyl sites for hydroxylation is 2. The van der Waals surface area contributed by atoms with Crippen LogP contribution >= 0.6 is 0 Å². The molecule has 8 nitrogen and oxygen atoms in total. The van der Waals surface area contributed by atoms with Gasteiger partial charge in [0.05, 0.1) is 0 Å². The highest BCUT2D eigenvalue weighted by Crippen LogP contribution is 2.29. The van der Waals surface area contributed by atoms with Crippen LogP contribution in [0.1, 0.15) is 30.1 Å². The molecule has 1 fully saturated rings. The number of hydrogen-bond acceptors (Lipinski definition) is 6. The first kappa shape index (κ1) is 18.8. The Balaban J connectivity index is 1.54. The highest BCUT2D eigenvalue weighted by Gasteiger charge is 2.34. The average Bonchev–Trinajstić information content (AvgIpc) is 3.29. The lowest BCUT2D eigenvalue weighted by Crippen LogP contribution is -2.41. The maximum atomic E-state index is 13.1. The summed E-state index contributed by atoms with van der Waals surface area (Å²) in [6.07, 6.45) is 4.14. The summed E-state index contributed by atoms with van der Waals surface area (Å²) in [5.74, 6) is 1.35. The first-order chi connectivity index (χ1) is 13.5. The molecule has 1 atom stereocenters. The average molecular weight is 401 g/mol. The molecule has 148 valence electrons. The molecule has 1 aliphatic heterocycles. The summed E-state index contributed by atoms with van der Waals surface area (Å²) in [6, 6.07) is 9.91. The van der Waals surface area contributed by atoms with Crippen LogP contribution in [0.4, 0.5) is 0 Å². The Bertz CT molecular complexity index is 1040. The zero-order valence-electron chi connectivity index (χ0n) is 15.9. The van der Waals surface area contributed by atoms with Crippen LogP contribution in [0.3, 0.4) is 0 Å². The fourth-order valence-electron chi connectivity index (χ4n) is 3.84. The second-order valence-corrected chi connectivity index (χ2v) is 9.06. The van der Waals surface area contributed by atoms with Gasteiger partial charge >= 0.3 is 0 Å². The third-order valence-electron chi connectivity index (χ3n) is 5.17. The van der Waals surface area contributed by atoms with Crippen molar-refractivity contribution in [2.45, 2.75) is 38.0 Å². The minimum absolute atomic E-state index is 0.177. The van der Waals surface area contributed by atoms with Gasteiger partial charge in [0.2, 0.25) is 10.0 Å². The van der Waals surface area contributed by atoms with E-state index in [-0.39, 0.29) is 10.8 Å². The molecule has 1 aliphatic rings. The van der Waals surface area contributed by atoms with Crippen molar-refractivity contribution in [1.82, 2.24) is 24.2 Å². The first-order valence-corrected chi connectivity index (χ1v) is 10.8. The summed E-state index contributed by atoms with van der Waals surface area (Å²) in [7, 11) is -3.62. The normalized spacial score (nSPS) is 18.4. The molecule has 1 aromatic carbocycles. The van der Waals surface area contributed by atoms with Gasteiger partial charge in [0.25, 0.3) is 0 Å². The minimum atomic E-state index is -3.62. The molecule has 1 unspecified atom stereocenters. The van der Waals surface area contributed by atoms with E-state index < -0.39 is 10.0 Å². The Morgan fingerprint density at radius 2 is 2.00 bits per heavy atom. The summed E-state index contributed by atoms with van der Waals surface area (Å²) in [6.45, 7) is 4.26. The molecule has 9 heteroatoms. The van der Waals surface area contributed by atoms with Gasteiger partial charge in [-0.1, -0.05) is 23.4 Å². The number of rotatable bonds is 5. The third kappa shape index (κ3) is 3.47.